The van der Waals surface area contributed by atoms with Crippen molar-refractivity contribution in [1.82, 2.24) is 4.90 Å². The summed E-state index contributed by atoms with van der Waals surface area (Å²) in [5.41, 5.74) is 9.37. The summed E-state index contributed by atoms with van der Waals surface area (Å²) in [5.74, 6) is -0.374. The van der Waals surface area contributed by atoms with Gasteiger partial charge in [0.1, 0.15) is 0 Å². The lowest BCUT2D eigenvalue weighted by Gasteiger charge is -2.34. The van der Waals surface area contributed by atoms with E-state index in [1.165, 1.54) is 30.4 Å². The molecule has 1 aliphatic heterocycles. The van der Waals surface area contributed by atoms with E-state index in [1.807, 2.05) is 19.2 Å². The molecule has 4 nitrogen and oxygen atoms in total. The molecule has 0 spiro atoms. The van der Waals surface area contributed by atoms with Gasteiger partial charge in [-0.15, -0.1) is 0 Å². The number of nitrogens with one attached hydrogen (secondary N) is 1. The highest BCUT2D eigenvalue weighted by Crippen LogP contribution is 2.34. The average molecular weight is 275 g/mol. The van der Waals surface area contributed by atoms with Crippen LogP contribution in [0.1, 0.15) is 53.7 Å². The lowest BCUT2D eigenvalue weighted by atomic mass is 9.94. The quantitative estimate of drug-likeness (QED) is 0.888. The Bertz CT molecular complexity index is 493. The molecule has 0 radical (unpaired) electrons. The summed E-state index contributed by atoms with van der Waals surface area (Å²) >= 11 is 0. The molecule has 1 heterocycles. The molecule has 0 aliphatic carbocycles. The van der Waals surface area contributed by atoms with Gasteiger partial charge in [0.15, 0.2) is 0 Å². The van der Waals surface area contributed by atoms with Gasteiger partial charge in [0.05, 0.1) is 11.3 Å². The van der Waals surface area contributed by atoms with E-state index in [-0.39, 0.29) is 5.91 Å². The third kappa shape index (κ3) is 2.80. The zero-order chi connectivity index (χ0) is 14.7. The number of nitrogens with two attached hydrogens (primary N) is 1. The second kappa shape index (κ2) is 6.27. The first kappa shape index (κ1) is 14.9. The molecule has 1 atom stereocenters. The molecule has 0 aromatic heterocycles. The Labute approximate surface area is 121 Å². The molecule has 1 amide bonds. The van der Waals surface area contributed by atoms with E-state index in [4.69, 9.17) is 5.73 Å². The van der Waals surface area contributed by atoms with Crippen LogP contribution in [0.5, 0.6) is 0 Å². The molecule has 1 aromatic carbocycles. The number of rotatable bonds is 4. The number of aryl methyl sites for hydroxylation is 1. The molecule has 1 aliphatic rings. The van der Waals surface area contributed by atoms with Gasteiger partial charge < -0.3 is 11.1 Å². The van der Waals surface area contributed by atoms with E-state index >= 15 is 0 Å². The number of primary amides is 1. The lowest BCUT2D eigenvalue weighted by molar-refractivity contribution is 0.100. The minimum atomic E-state index is -0.374. The van der Waals surface area contributed by atoms with Crippen molar-refractivity contribution in [2.24, 2.45) is 5.73 Å². The van der Waals surface area contributed by atoms with E-state index in [0.717, 1.165) is 18.8 Å². The van der Waals surface area contributed by atoms with Crippen LogP contribution in [0.25, 0.3) is 0 Å². The highest BCUT2D eigenvalue weighted by molar-refractivity contribution is 5.99. The van der Waals surface area contributed by atoms with Gasteiger partial charge in [-0.25, -0.2) is 0 Å². The number of nitrogens with zero attached hydrogens (tertiary/aromatic N) is 1. The molecule has 0 saturated carbocycles. The second-order valence-electron chi connectivity index (χ2n) is 5.61. The number of hydrogen-bond donors (Lipinski definition) is 2. The van der Waals surface area contributed by atoms with Crippen molar-refractivity contribution in [2.75, 3.05) is 25.5 Å². The predicted molar refractivity (Wildman–Crippen MR) is 83.1 cm³/mol. The van der Waals surface area contributed by atoms with Crippen LogP contribution >= 0.6 is 0 Å². The Balaban J connectivity index is 2.42. The van der Waals surface area contributed by atoms with Crippen molar-refractivity contribution in [3.8, 4) is 0 Å². The monoisotopic (exact) mass is 275 g/mol. The Morgan fingerprint density at radius 3 is 2.50 bits per heavy atom. The average Bonchev–Trinajstić information content (AvgIpc) is 2.46. The van der Waals surface area contributed by atoms with E-state index in [0.29, 0.717) is 11.6 Å². The molecule has 1 fully saturated rings. The molecular weight excluding hydrogens is 250 g/mol. The minimum absolute atomic E-state index is 0.303. The van der Waals surface area contributed by atoms with Crippen LogP contribution in [0.15, 0.2) is 12.1 Å². The Morgan fingerprint density at radius 2 is 1.95 bits per heavy atom. The van der Waals surface area contributed by atoms with Crippen LogP contribution in [0.2, 0.25) is 0 Å². The molecule has 20 heavy (non-hydrogen) atoms. The number of hydrogen-bond acceptors (Lipinski definition) is 3. The van der Waals surface area contributed by atoms with E-state index in [9.17, 15) is 4.79 Å². The molecule has 1 unspecified atom stereocenters. The van der Waals surface area contributed by atoms with Crippen molar-refractivity contribution in [3.05, 3.63) is 28.8 Å². The summed E-state index contributed by atoms with van der Waals surface area (Å²) in [5, 5.41) is 3.18. The van der Waals surface area contributed by atoms with Gasteiger partial charge in [-0.1, -0.05) is 12.5 Å². The minimum Gasteiger partial charge on any atom is -0.387 e. The first-order valence-electron chi connectivity index (χ1n) is 7.41. The smallest absolute Gasteiger partial charge is 0.250 e. The maximum absolute atomic E-state index is 11.6. The summed E-state index contributed by atoms with van der Waals surface area (Å²) in [6.45, 7) is 6.58. The van der Waals surface area contributed by atoms with Crippen LogP contribution in [0.3, 0.4) is 0 Å². The van der Waals surface area contributed by atoms with Crippen molar-refractivity contribution in [1.29, 1.82) is 0 Å². The second-order valence-corrected chi connectivity index (χ2v) is 5.61. The maximum atomic E-state index is 11.6. The third-order valence-electron chi connectivity index (χ3n) is 4.34. The molecule has 1 saturated heterocycles. The Hall–Kier alpha value is -1.55. The summed E-state index contributed by atoms with van der Waals surface area (Å²) in [6.07, 6.45) is 3.84. The van der Waals surface area contributed by atoms with Crippen molar-refractivity contribution < 1.29 is 4.79 Å². The van der Waals surface area contributed by atoms with Crippen LogP contribution in [0, 0.1) is 6.92 Å². The Kier molecular flexibility index (Phi) is 4.65. The molecule has 3 N–H and O–H groups in total. The van der Waals surface area contributed by atoms with E-state index in [1.54, 1.807) is 0 Å². The van der Waals surface area contributed by atoms with Gasteiger partial charge in [0.2, 0.25) is 0 Å². The first-order valence-corrected chi connectivity index (χ1v) is 7.41. The predicted octanol–water partition coefficient (Wildman–Crippen LogP) is 2.68. The molecule has 2 rings (SSSR count). The topological polar surface area (TPSA) is 58.4 Å². The number of benzene rings is 1. The van der Waals surface area contributed by atoms with Gasteiger partial charge in [-0.3, -0.25) is 9.69 Å². The molecule has 1 aromatic rings. The van der Waals surface area contributed by atoms with Gasteiger partial charge >= 0.3 is 0 Å². The number of amides is 1. The zero-order valence-electron chi connectivity index (χ0n) is 12.7. The van der Waals surface area contributed by atoms with Crippen molar-refractivity contribution >= 4 is 11.6 Å². The highest BCUT2D eigenvalue weighted by atomic mass is 16.1. The molecular formula is C16H25N3O. The van der Waals surface area contributed by atoms with Crippen molar-refractivity contribution in [3.63, 3.8) is 0 Å². The summed E-state index contributed by atoms with van der Waals surface area (Å²) in [7, 11) is 1.85. The first-order chi connectivity index (χ1) is 9.56. The number of anilines is 1. The summed E-state index contributed by atoms with van der Waals surface area (Å²) in [6, 6.07) is 4.11. The van der Waals surface area contributed by atoms with E-state index in [2.05, 4.69) is 24.1 Å². The third-order valence-corrected chi connectivity index (χ3v) is 4.34. The van der Waals surface area contributed by atoms with Gasteiger partial charge in [-0.05, 0) is 57.0 Å². The molecule has 0 bridgehead atoms. The van der Waals surface area contributed by atoms with Gasteiger partial charge in [0.25, 0.3) is 5.91 Å². The van der Waals surface area contributed by atoms with Crippen LogP contribution < -0.4 is 11.1 Å². The molecule has 4 heteroatoms. The van der Waals surface area contributed by atoms with E-state index < -0.39 is 0 Å². The normalized spacial score (nSPS) is 17.8. The summed E-state index contributed by atoms with van der Waals surface area (Å²) < 4.78 is 0. The largest absolute Gasteiger partial charge is 0.387 e. The van der Waals surface area contributed by atoms with Crippen molar-refractivity contribution in [2.45, 2.75) is 39.2 Å². The van der Waals surface area contributed by atoms with Gasteiger partial charge in [0, 0.05) is 13.1 Å². The SMILES string of the molecule is CNc1c(C(N)=O)ccc(C)c1C(C)N1CCCCC1. The molecule has 110 valence electrons. The highest BCUT2D eigenvalue weighted by Gasteiger charge is 2.24. The number of piperidine rings is 1. The fraction of sp³-hybridized carbons (Fsp3) is 0.562. The van der Waals surface area contributed by atoms with Crippen LogP contribution in [-0.2, 0) is 0 Å². The Morgan fingerprint density at radius 1 is 1.30 bits per heavy atom. The number of likely N-dealkylation sites (tertiary alicyclic amines) is 1. The fourth-order valence-corrected chi connectivity index (χ4v) is 3.22. The van der Waals surface area contributed by atoms with Gasteiger partial charge in [-0.2, -0.15) is 0 Å². The van der Waals surface area contributed by atoms with Crippen LogP contribution in [-0.4, -0.2) is 30.9 Å². The standard InChI is InChI=1S/C16H25N3O/c1-11-7-8-13(16(17)20)15(18-3)14(11)12(2)19-9-5-4-6-10-19/h7-8,12,18H,4-6,9-10H2,1-3H3,(H2,17,20). The summed E-state index contributed by atoms with van der Waals surface area (Å²) in [4.78, 5) is 14.1. The fourth-order valence-electron chi connectivity index (χ4n) is 3.22. The zero-order valence-corrected chi connectivity index (χ0v) is 12.7. The number of carbonyl (C=O) groups excluding carboxylic acids is 1. The number of carbonyl (C=O) groups is 1. The maximum Gasteiger partial charge on any atom is 0.250 e. The lowest BCUT2D eigenvalue weighted by Crippen LogP contribution is -2.33. The van der Waals surface area contributed by atoms with Crippen LogP contribution in [0.4, 0.5) is 5.69 Å².